The average molecular weight is 424 g/mol. The Morgan fingerprint density at radius 3 is 2.47 bits per heavy atom. The Balaban J connectivity index is 1.93. The van der Waals surface area contributed by atoms with E-state index in [1.54, 1.807) is 12.2 Å². The second-order valence-corrected chi connectivity index (χ2v) is 7.92. The first-order valence-corrected chi connectivity index (χ1v) is 10.1. The summed E-state index contributed by atoms with van der Waals surface area (Å²) in [6.07, 6.45) is 4.87. The third kappa shape index (κ3) is 4.58. The molecule has 0 spiro atoms. The zero-order valence-electron chi connectivity index (χ0n) is 16.4. The number of ether oxygens (including phenoxy) is 1. The van der Waals surface area contributed by atoms with Gasteiger partial charge in [0.25, 0.3) is 0 Å². The number of carbonyl (C=O) groups is 3. The Labute approximate surface area is 177 Å². The summed E-state index contributed by atoms with van der Waals surface area (Å²) < 4.78 is 5.49. The molecular formula is C23H20O6S. The van der Waals surface area contributed by atoms with Crippen molar-refractivity contribution >= 4 is 34.9 Å². The lowest BCUT2D eigenvalue weighted by Gasteiger charge is -2.23. The van der Waals surface area contributed by atoms with Gasteiger partial charge < -0.3 is 14.9 Å². The molecule has 1 heterocycles. The third-order valence-electron chi connectivity index (χ3n) is 4.46. The molecule has 2 N–H and O–H groups in total. The molecule has 0 radical (unpaired) electrons. The fourth-order valence-corrected chi connectivity index (χ4v) is 3.64. The van der Waals surface area contributed by atoms with Crippen LogP contribution in [0.4, 0.5) is 0 Å². The highest BCUT2D eigenvalue weighted by Gasteiger charge is 2.35. The van der Waals surface area contributed by atoms with Crippen LogP contribution >= 0.6 is 11.3 Å². The number of Topliss-reactive ketones (excluding diaryl/α,β-unsaturated/α-hetero) is 1. The topological polar surface area (TPSA) is 101 Å². The summed E-state index contributed by atoms with van der Waals surface area (Å²) in [4.78, 5) is 38.8. The van der Waals surface area contributed by atoms with E-state index >= 15 is 0 Å². The first kappa shape index (κ1) is 21.3. The molecule has 30 heavy (non-hydrogen) atoms. The molecule has 154 valence electrons. The number of phenols is 2. The lowest BCUT2D eigenvalue weighted by Crippen LogP contribution is -2.28. The molecule has 0 saturated heterocycles. The normalized spacial score (nSPS) is 14.3. The largest absolute Gasteiger partial charge is 0.507 e. The maximum Gasteiger partial charge on any atom is 0.331 e. The van der Waals surface area contributed by atoms with Gasteiger partial charge in [-0.05, 0) is 49.6 Å². The van der Waals surface area contributed by atoms with Crippen LogP contribution in [0.3, 0.4) is 0 Å². The molecule has 1 atom stereocenters. The van der Waals surface area contributed by atoms with Gasteiger partial charge >= 0.3 is 5.97 Å². The van der Waals surface area contributed by atoms with Gasteiger partial charge in [0, 0.05) is 22.9 Å². The van der Waals surface area contributed by atoms with Crippen molar-refractivity contribution in [2.75, 3.05) is 0 Å². The quantitative estimate of drug-likeness (QED) is 0.308. The van der Waals surface area contributed by atoms with E-state index in [2.05, 4.69) is 0 Å². The first-order valence-electron chi connectivity index (χ1n) is 9.19. The SMILES string of the molecule is CC(C)=CC[C@@H](OC(=O)/C=C/c1cccs1)C1=CC(=O)c2c(O)ccc(O)c2C1=O. The van der Waals surface area contributed by atoms with Crippen molar-refractivity contribution in [2.24, 2.45) is 0 Å². The van der Waals surface area contributed by atoms with Crippen molar-refractivity contribution in [1.29, 1.82) is 0 Å². The smallest absolute Gasteiger partial charge is 0.331 e. The van der Waals surface area contributed by atoms with E-state index in [9.17, 15) is 24.6 Å². The first-order chi connectivity index (χ1) is 14.3. The standard InChI is InChI=1S/C23H20O6S/c1-13(2)5-9-19(29-20(27)10-6-14-4-3-11-30-14)15-12-18(26)21-16(24)7-8-17(25)22(21)23(15)28/h3-8,10-12,19,24-25H,9H2,1-2H3/b10-6+/t19-/m1/s1. The van der Waals surface area contributed by atoms with E-state index in [4.69, 9.17) is 4.74 Å². The lowest BCUT2D eigenvalue weighted by molar-refractivity contribution is -0.140. The number of rotatable bonds is 6. The van der Waals surface area contributed by atoms with Gasteiger partial charge in [0.2, 0.25) is 0 Å². The summed E-state index contributed by atoms with van der Waals surface area (Å²) in [6, 6.07) is 5.98. The molecule has 0 fully saturated rings. The van der Waals surface area contributed by atoms with Crippen LogP contribution in [0.1, 0.15) is 45.9 Å². The molecule has 1 aliphatic rings. The number of aromatic hydroxyl groups is 2. The third-order valence-corrected chi connectivity index (χ3v) is 5.29. The monoisotopic (exact) mass is 424 g/mol. The number of hydrogen-bond donors (Lipinski definition) is 2. The highest BCUT2D eigenvalue weighted by atomic mass is 32.1. The Hall–Kier alpha value is -3.45. The van der Waals surface area contributed by atoms with Gasteiger partial charge in [-0.15, -0.1) is 11.3 Å². The Morgan fingerprint density at radius 2 is 1.83 bits per heavy atom. The summed E-state index contributed by atoms with van der Waals surface area (Å²) in [5, 5.41) is 22.0. The number of esters is 1. The molecule has 3 rings (SSSR count). The van der Waals surface area contributed by atoms with Crippen molar-refractivity contribution in [2.45, 2.75) is 26.4 Å². The molecule has 1 aromatic heterocycles. The molecule has 2 aromatic rings. The van der Waals surface area contributed by atoms with E-state index in [-0.39, 0.29) is 23.1 Å². The number of benzene rings is 1. The molecule has 0 aliphatic heterocycles. The van der Waals surface area contributed by atoms with Crippen molar-refractivity contribution in [3.8, 4) is 11.5 Å². The number of fused-ring (bicyclic) bond motifs is 1. The summed E-state index contributed by atoms with van der Waals surface area (Å²) in [7, 11) is 0. The van der Waals surface area contributed by atoms with Crippen LogP contribution in [0.2, 0.25) is 0 Å². The van der Waals surface area contributed by atoms with Gasteiger partial charge in [-0.1, -0.05) is 17.7 Å². The van der Waals surface area contributed by atoms with Gasteiger partial charge in [-0.25, -0.2) is 4.79 Å². The van der Waals surface area contributed by atoms with E-state index in [0.717, 1.165) is 28.7 Å². The fourth-order valence-electron chi connectivity index (χ4n) is 3.02. The number of hydrogen-bond acceptors (Lipinski definition) is 7. The predicted molar refractivity (Wildman–Crippen MR) is 114 cm³/mol. The molecular weight excluding hydrogens is 404 g/mol. The summed E-state index contributed by atoms with van der Waals surface area (Å²) in [5.74, 6) is -2.78. The second-order valence-electron chi connectivity index (χ2n) is 6.94. The van der Waals surface area contributed by atoms with Crippen molar-refractivity contribution < 1.29 is 29.3 Å². The fraction of sp³-hybridized carbons (Fsp3) is 0.174. The van der Waals surface area contributed by atoms with Crippen LogP contribution in [0.5, 0.6) is 11.5 Å². The van der Waals surface area contributed by atoms with E-state index in [1.807, 2.05) is 31.4 Å². The number of ketones is 2. The van der Waals surface area contributed by atoms with E-state index < -0.39 is 35.1 Å². The van der Waals surface area contributed by atoms with E-state index in [1.165, 1.54) is 17.4 Å². The zero-order valence-corrected chi connectivity index (χ0v) is 17.2. The Bertz CT molecular complexity index is 1090. The van der Waals surface area contributed by atoms with Crippen LogP contribution in [0.25, 0.3) is 6.08 Å². The van der Waals surface area contributed by atoms with Crippen LogP contribution in [-0.4, -0.2) is 33.9 Å². The zero-order chi connectivity index (χ0) is 21.8. The molecule has 0 saturated carbocycles. The van der Waals surface area contributed by atoms with Crippen LogP contribution < -0.4 is 0 Å². The minimum atomic E-state index is -1.02. The highest BCUT2D eigenvalue weighted by molar-refractivity contribution is 7.10. The number of thiophene rings is 1. The maximum atomic E-state index is 13.0. The van der Waals surface area contributed by atoms with Crippen LogP contribution in [-0.2, 0) is 9.53 Å². The Kier molecular flexibility index (Phi) is 6.32. The molecule has 0 unspecified atom stereocenters. The maximum absolute atomic E-state index is 13.0. The summed E-state index contributed by atoms with van der Waals surface area (Å²) >= 11 is 1.46. The van der Waals surface area contributed by atoms with Gasteiger partial charge in [-0.2, -0.15) is 0 Å². The van der Waals surface area contributed by atoms with Crippen LogP contribution in [0, 0.1) is 0 Å². The average Bonchev–Trinajstić information content (AvgIpc) is 3.21. The number of phenolic OH excluding ortho intramolecular Hbond substituents is 2. The van der Waals surface area contributed by atoms with Gasteiger partial charge in [0.15, 0.2) is 11.6 Å². The van der Waals surface area contributed by atoms with Crippen molar-refractivity contribution in [3.63, 3.8) is 0 Å². The molecule has 7 heteroatoms. The van der Waals surface area contributed by atoms with Gasteiger partial charge in [-0.3, -0.25) is 9.59 Å². The molecule has 0 amide bonds. The van der Waals surface area contributed by atoms with Crippen LogP contribution in [0.15, 0.2) is 59.0 Å². The molecule has 6 nitrogen and oxygen atoms in total. The molecule has 1 aliphatic carbocycles. The van der Waals surface area contributed by atoms with Gasteiger partial charge in [0.05, 0.1) is 11.1 Å². The Morgan fingerprint density at radius 1 is 1.13 bits per heavy atom. The number of carbonyl (C=O) groups excluding carboxylic acids is 3. The number of allylic oxidation sites excluding steroid dienone is 2. The lowest BCUT2D eigenvalue weighted by atomic mass is 9.85. The highest BCUT2D eigenvalue weighted by Crippen LogP contribution is 2.36. The molecule has 1 aromatic carbocycles. The summed E-state index contributed by atoms with van der Waals surface area (Å²) in [5.41, 5.74) is 0.350. The molecule has 0 bridgehead atoms. The predicted octanol–water partition coefficient (Wildman–Crippen LogP) is 4.45. The van der Waals surface area contributed by atoms with Crippen molar-refractivity contribution in [3.05, 3.63) is 75.0 Å². The second kappa shape index (κ2) is 8.92. The van der Waals surface area contributed by atoms with Crippen molar-refractivity contribution in [1.82, 2.24) is 0 Å². The van der Waals surface area contributed by atoms with Gasteiger partial charge in [0.1, 0.15) is 17.6 Å². The minimum absolute atomic E-state index is 0.0521. The summed E-state index contributed by atoms with van der Waals surface area (Å²) in [6.45, 7) is 3.72. The minimum Gasteiger partial charge on any atom is -0.507 e. The van der Waals surface area contributed by atoms with E-state index in [0.29, 0.717) is 0 Å².